The molecule has 0 bridgehead atoms. The van der Waals surface area contributed by atoms with Crippen molar-refractivity contribution in [2.75, 3.05) is 12.3 Å². The second kappa shape index (κ2) is 5.93. The second-order valence-corrected chi connectivity index (χ2v) is 5.63. The van der Waals surface area contributed by atoms with Gasteiger partial charge in [0.1, 0.15) is 0 Å². The number of nitrogen functional groups attached to an aromatic ring is 1. The predicted octanol–water partition coefficient (Wildman–Crippen LogP) is 1.57. The third-order valence-electron chi connectivity index (χ3n) is 2.16. The minimum atomic E-state index is -0.408. The van der Waals surface area contributed by atoms with Crippen LogP contribution in [0.4, 0.5) is 5.69 Å². The predicted molar refractivity (Wildman–Crippen MR) is 76.1 cm³/mol. The van der Waals surface area contributed by atoms with E-state index in [-0.39, 0.29) is 23.0 Å². The van der Waals surface area contributed by atoms with E-state index in [0.29, 0.717) is 11.3 Å². The number of hydrogen-bond donors (Lipinski definition) is 3. The van der Waals surface area contributed by atoms with Crippen molar-refractivity contribution < 1.29 is 9.59 Å². The van der Waals surface area contributed by atoms with Crippen LogP contribution < -0.4 is 16.4 Å². The molecule has 19 heavy (non-hydrogen) atoms. The number of nitrogens with two attached hydrogens (primary N) is 1. The zero-order valence-electron chi connectivity index (χ0n) is 11.2. The lowest BCUT2D eigenvalue weighted by Gasteiger charge is -2.20. The van der Waals surface area contributed by atoms with E-state index in [4.69, 9.17) is 17.3 Å². The maximum absolute atomic E-state index is 11.8. The fourth-order valence-corrected chi connectivity index (χ4v) is 1.71. The molecule has 0 fully saturated rings. The van der Waals surface area contributed by atoms with Crippen LogP contribution in [-0.2, 0) is 4.79 Å². The van der Waals surface area contributed by atoms with Gasteiger partial charge in [-0.1, -0.05) is 11.6 Å². The van der Waals surface area contributed by atoms with Gasteiger partial charge < -0.3 is 16.4 Å². The molecule has 1 rings (SSSR count). The highest BCUT2D eigenvalue weighted by molar-refractivity contribution is 6.34. The summed E-state index contributed by atoms with van der Waals surface area (Å²) in [6, 6.07) is 4.59. The topological polar surface area (TPSA) is 84.2 Å². The van der Waals surface area contributed by atoms with E-state index in [0.717, 1.165) is 0 Å². The Labute approximate surface area is 117 Å². The molecule has 1 aromatic rings. The Hall–Kier alpha value is -1.75. The van der Waals surface area contributed by atoms with Crippen LogP contribution in [-0.4, -0.2) is 23.9 Å². The molecule has 5 nitrogen and oxygen atoms in total. The van der Waals surface area contributed by atoms with Crippen molar-refractivity contribution in [2.45, 2.75) is 26.3 Å². The van der Waals surface area contributed by atoms with E-state index in [1.54, 1.807) is 6.07 Å². The number of carbonyl (C=O) groups is 2. The highest BCUT2D eigenvalue weighted by Crippen LogP contribution is 2.18. The van der Waals surface area contributed by atoms with Gasteiger partial charge in [-0.15, -0.1) is 0 Å². The van der Waals surface area contributed by atoms with E-state index in [2.05, 4.69) is 10.6 Å². The van der Waals surface area contributed by atoms with Crippen molar-refractivity contribution in [2.24, 2.45) is 0 Å². The van der Waals surface area contributed by atoms with Gasteiger partial charge in [0.25, 0.3) is 5.91 Å². The van der Waals surface area contributed by atoms with Gasteiger partial charge in [-0.3, -0.25) is 9.59 Å². The summed E-state index contributed by atoms with van der Waals surface area (Å²) in [6.07, 6.45) is 0. The molecular formula is C13H18ClN3O2. The molecule has 0 saturated carbocycles. The smallest absolute Gasteiger partial charge is 0.253 e. The molecule has 0 atom stereocenters. The third kappa shape index (κ3) is 5.18. The van der Waals surface area contributed by atoms with Crippen molar-refractivity contribution in [1.82, 2.24) is 10.6 Å². The van der Waals surface area contributed by atoms with Crippen LogP contribution in [0.3, 0.4) is 0 Å². The highest BCUT2D eigenvalue weighted by Gasteiger charge is 2.15. The van der Waals surface area contributed by atoms with Crippen LogP contribution in [0.25, 0.3) is 0 Å². The number of hydrogen-bond acceptors (Lipinski definition) is 3. The number of rotatable bonds is 3. The normalized spacial score (nSPS) is 10.9. The lowest BCUT2D eigenvalue weighted by atomic mass is 10.1. The first-order chi connectivity index (χ1) is 8.69. The van der Waals surface area contributed by atoms with Crippen LogP contribution in [0.15, 0.2) is 18.2 Å². The molecule has 0 saturated heterocycles. The average molecular weight is 284 g/mol. The van der Waals surface area contributed by atoms with Gasteiger partial charge in [-0.2, -0.15) is 0 Å². The summed E-state index contributed by atoms with van der Waals surface area (Å²) < 4.78 is 0. The summed E-state index contributed by atoms with van der Waals surface area (Å²) in [4.78, 5) is 23.4. The Morgan fingerprint density at radius 3 is 2.47 bits per heavy atom. The van der Waals surface area contributed by atoms with E-state index < -0.39 is 5.91 Å². The minimum absolute atomic E-state index is 0.100. The monoisotopic (exact) mass is 283 g/mol. The molecule has 0 aliphatic rings. The second-order valence-electron chi connectivity index (χ2n) is 5.22. The Morgan fingerprint density at radius 2 is 1.95 bits per heavy atom. The van der Waals surface area contributed by atoms with E-state index in [9.17, 15) is 9.59 Å². The summed E-state index contributed by atoms with van der Waals surface area (Å²) in [7, 11) is 0. The van der Waals surface area contributed by atoms with Crippen LogP contribution >= 0.6 is 11.6 Å². The van der Waals surface area contributed by atoms with Gasteiger partial charge in [0.15, 0.2) is 0 Å². The largest absolute Gasteiger partial charge is 0.399 e. The van der Waals surface area contributed by atoms with Gasteiger partial charge in [-0.25, -0.2) is 0 Å². The number of benzene rings is 1. The summed E-state index contributed by atoms with van der Waals surface area (Å²) in [5.74, 6) is -0.665. The third-order valence-corrected chi connectivity index (χ3v) is 2.47. The van der Waals surface area contributed by atoms with Crippen LogP contribution in [0.5, 0.6) is 0 Å². The molecule has 0 radical (unpaired) electrons. The maximum Gasteiger partial charge on any atom is 0.253 e. The quantitative estimate of drug-likeness (QED) is 0.736. The molecule has 0 aromatic heterocycles. The Kier molecular flexibility index (Phi) is 4.78. The van der Waals surface area contributed by atoms with Crippen molar-refractivity contribution in [1.29, 1.82) is 0 Å². The summed E-state index contributed by atoms with van der Waals surface area (Å²) in [5.41, 5.74) is 5.98. The van der Waals surface area contributed by atoms with Gasteiger partial charge in [0.05, 0.1) is 17.1 Å². The molecule has 0 aliphatic carbocycles. The van der Waals surface area contributed by atoms with Crippen LogP contribution in [0.1, 0.15) is 31.1 Å². The molecule has 4 N–H and O–H groups in total. The average Bonchev–Trinajstić information content (AvgIpc) is 2.23. The van der Waals surface area contributed by atoms with Crippen molar-refractivity contribution >= 4 is 29.1 Å². The Balaban J connectivity index is 2.59. The van der Waals surface area contributed by atoms with Gasteiger partial charge in [-0.05, 0) is 39.0 Å². The van der Waals surface area contributed by atoms with Gasteiger partial charge in [0.2, 0.25) is 5.91 Å². The molecule has 1 aromatic carbocycles. The molecule has 2 amide bonds. The molecule has 6 heteroatoms. The van der Waals surface area contributed by atoms with Gasteiger partial charge >= 0.3 is 0 Å². The SMILES string of the molecule is CC(C)(C)NC(=O)CNC(=O)c1ccc(N)cc1Cl. The standard InChI is InChI=1S/C13H18ClN3O2/c1-13(2,3)17-11(18)7-16-12(19)9-5-4-8(15)6-10(9)14/h4-6H,7,15H2,1-3H3,(H,16,19)(H,17,18). The molecule has 0 heterocycles. The van der Waals surface area contributed by atoms with E-state index in [1.165, 1.54) is 12.1 Å². The summed E-state index contributed by atoms with van der Waals surface area (Å²) >= 11 is 5.90. The van der Waals surface area contributed by atoms with Gasteiger partial charge in [0, 0.05) is 11.2 Å². The number of halogens is 1. The lowest BCUT2D eigenvalue weighted by Crippen LogP contribution is -2.45. The van der Waals surface area contributed by atoms with Crippen molar-refractivity contribution in [3.8, 4) is 0 Å². The van der Waals surface area contributed by atoms with Crippen molar-refractivity contribution in [3.63, 3.8) is 0 Å². The lowest BCUT2D eigenvalue weighted by molar-refractivity contribution is -0.121. The van der Waals surface area contributed by atoms with Crippen LogP contribution in [0.2, 0.25) is 5.02 Å². The molecule has 0 unspecified atom stereocenters. The zero-order valence-corrected chi connectivity index (χ0v) is 12.0. The zero-order chi connectivity index (χ0) is 14.6. The van der Waals surface area contributed by atoms with E-state index in [1.807, 2.05) is 20.8 Å². The fourth-order valence-electron chi connectivity index (χ4n) is 1.43. The Bertz CT molecular complexity index is 495. The number of nitrogens with one attached hydrogen (secondary N) is 2. The maximum atomic E-state index is 11.8. The minimum Gasteiger partial charge on any atom is -0.399 e. The summed E-state index contributed by atoms with van der Waals surface area (Å²) in [5, 5.41) is 5.51. The van der Waals surface area contributed by atoms with Crippen molar-refractivity contribution in [3.05, 3.63) is 28.8 Å². The van der Waals surface area contributed by atoms with Crippen LogP contribution in [0, 0.1) is 0 Å². The highest BCUT2D eigenvalue weighted by atomic mass is 35.5. The molecule has 104 valence electrons. The first-order valence-corrected chi connectivity index (χ1v) is 6.21. The molecular weight excluding hydrogens is 266 g/mol. The fraction of sp³-hybridized carbons (Fsp3) is 0.385. The number of amides is 2. The first kappa shape index (κ1) is 15.3. The number of anilines is 1. The first-order valence-electron chi connectivity index (χ1n) is 5.83. The Morgan fingerprint density at radius 1 is 1.32 bits per heavy atom. The number of carbonyl (C=O) groups excluding carboxylic acids is 2. The van der Waals surface area contributed by atoms with E-state index >= 15 is 0 Å². The molecule has 0 spiro atoms. The molecule has 0 aliphatic heterocycles. The summed E-state index contributed by atoms with van der Waals surface area (Å²) in [6.45, 7) is 5.49.